The second-order valence-electron chi connectivity index (χ2n) is 8.39. The molecule has 0 spiro atoms. The van der Waals surface area contributed by atoms with Gasteiger partial charge in [0.15, 0.2) is 6.04 Å². The summed E-state index contributed by atoms with van der Waals surface area (Å²) < 4.78 is 35.9. The van der Waals surface area contributed by atoms with Crippen LogP contribution in [-0.2, 0) is 19.6 Å². The summed E-state index contributed by atoms with van der Waals surface area (Å²) in [5, 5.41) is 9.82. The molecule has 0 aromatic rings. The first-order valence-corrected chi connectivity index (χ1v) is 12.2. The van der Waals surface area contributed by atoms with Crippen molar-refractivity contribution in [1.82, 2.24) is 0 Å². The van der Waals surface area contributed by atoms with Crippen molar-refractivity contribution in [3.63, 3.8) is 0 Å². The number of carbonyl (C=O) groups is 1. The monoisotopic (exact) mass is 424 g/mol. The van der Waals surface area contributed by atoms with Crippen LogP contribution in [0.15, 0.2) is 0 Å². The summed E-state index contributed by atoms with van der Waals surface area (Å²) in [5.41, 5.74) is 0. The molecule has 0 aliphatic rings. The number of carbonyl (C=O) groups excluding carboxylic acids is 1. The highest BCUT2D eigenvalue weighted by Crippen LogP contribution is 2.13. The van der Waals surface area contributed by atoms with Gasteiger partial charge in [0.2, 0.25) is 0 Å². The highest BCUT2D eigenvalue weighted by molar-refractivity contribution is 7.85. The van der Waals surface area contributed by atoms with Gasteiger partial charge >= 0.3 is 5.97 Å². The third-order valence-corrected chi connectivity index (χ3v) is 6.02. The van der Waals surface area contributed by atoms with Crippen LogP contribution in [0.3, 0.4) is 0 Å². The lowest BCUT2D eigenvalue weighted by molar-refractivity contribution is -0.907. The lowest BCUT2D eigenvalue weighted by atomic mass is 10.1. The molecule has 168 valence electrons. The molecule has 0 aliphatic carbocycles. The van der Waals surface area contributed by atoms with Crippen molar-refractivity contribution in [2.75, 3.05) is 33.0 Å². The fraction of sp³-hybridized carbons (Fsp3) is 0.950. The number of aliphatic hydroxyl groups is 1. The van der Waals surface area contributed by atoms with E-state index in [1.54, 1.807) is 21.0 Å². The molecule has 0 aromatic carbocycles. The summed E-state index contributed by atoms with van der Waals surface area (Å²) >= 11 is 0. The maximum absolute atomic E-state index is 12.2. The van der Waals surface area contributed by atoms with Crippen LogP contribution in [-0.4, -0.2) is 73.7 Å². The van der Waals surface area contributed by atoms with Crippen LogP contribution in [0.4, 0.5) is 0 Å². The van der Waals surface area contributed by atoms with Gasteiger partial charge in [0.25, 0.3) is 10.1 Å². The number of esters is 1. The molecule has 0 aromatic heterocycles. The predicted molar refractivity (Wildman–Crippen MR) is 112 cm³/mol. The Morgan fingerprint density at radius 2 is 1.43 bits per heavy atom. The minimum atomic E-state index is -4.25. The molecule has 2 N–H and O–H groups in total. The van der Waals surface area contributed by atoms with Gasteiger partial charge in [0.1, 0.15) is 18.4 Å². The molecule has 0 heterocycles. The average Bonchev–Trinajstić information content (AvgIpc) is 2.56. The fourth-order valence-electron chi connectivity index (χ4n) is 3.17. The molecular formula is C20H42NO6S+. The molecule has 0 saturated heterocycles. The van der Waals surface area contributed by atoms with Crippen molar-refractivity contribution >= 4 is 16.1 Å². The van der Waals surface area contributed by atoms with Crippen molar-refractivity contribution in [2.45, 2.75) is 90.2 Å². The molecule has 0 aliphatic heterocycles. The molecule has 0 bridgehead atoms. The molecular weight excluding hydrogens is 382 g/mol. The van der Waals surface area contributed by atoms with E-state index in [2.05, 4.69) is 6.92 Å². The van der Waals surface area contributed by atoms with Crippen LogP contribution in [0.1, 0.15) is 78.1 Å². The fourth-order valence-corrected chi connectivity index (χ4v) is 3.76. The topological polar surface area (TPSA) is 101 Å². The normalized spacial score (nSPS) is 14.6. The van der Waals surface area contributed by atoms with Gasteiger partial charge in [-0.3, -0.25) is 4.55 Å². The highest BCUT2D eigenvalue weighted by atomic mass is 32.2. The number of aliphatic hydroxyl groups excluding tert-OH is 1. The first kappa shape index (κ1) is 27.3. The molecule has 8 heteroatoms. The van der Waals surface area contributed by atoms with E-state index in [9.17, 15) is 18.3 Å². The summed E-state index contributed by atoms with van der Waals surface area (Å²) in [6.07, 6.45) is 10.9. The van der Waals surface area contributed by atoms with Gasteiger partial charge in [0, 0.05) is 0 Å². The molecule has 2 unspecified atom stereocenters. The van der Waals surface area contributed by atoms with Gasteiger partial charge < -0.3 is 14.3 Å². The Bertz CT molecular complexity index is 521. The minimum absolute atomic E-state index is 0.0221. The summed E-state index contributed by atoms with van der Waals surface area (Å²) in [5.74, 6) is -1.10. The van der Waals surface area contributed by atoms with E-state index in [0.29, 0.717) is 6.61 Å². The van der Waals surface area contributed by atoms with E-state index >= 15 is 0 Å². The Hall–Kier alpha value is -0.700. The second-order valence-corrected chi connectivity index (χ2v) is 9.89. The maximum atomic E-state index is 12.2. The predicted octanol–water partition coefficient (Wildman–Crippen LogP) is 3.16. The summed E-state index contributed by atoms with van der Waals surface area (Å²) in [6.45, 7) is 4.32. The zero-order valence-corrected chi connectivity index (χ0v) is 19.0. The van der Waals surface area contributed by atoms with E-state index in [1.165, 1.54) is 44.9 Å². The summed E-state index contributed by atoms with van der Waals surface area (Å²) in [7, 11) is -0.808. The molecule has 0 saturated carbocycles. The van der Waals surface area contributed by atoms with Gasteiger partial charge in [-0.05, 0) is 13.3 Å². The lowest BCUT2D eigenvalue weighted by Crippen LogP contribution is -2.56. The highest BCUT2D eigenvalue weighted by Gasteiger charge is 2.34. The van der Waals surface area contributed by atoms with Gasteiger partial charge in [-0.2, -0.15) is 8.42 Å². The first-order chi connectivity index (χ1) is 13.0. The zero-order chi connectivity index (χ0) is 21.6. The van der Waals surface area contributed by atoms with Gasteiger partial charge in [-0.15, -0.1) is 0 Å². The van der Waals surface area contributed by atoms with Crippen LogP contribution in [0.2, 0.25) is 0 Å². The van der Waals surface area contributed by atoms with E-state index in [4.69, 9.17) is 9.29 Å². The van der Waals surface area contributed by atoms with Gasteiger partial charge in [-0.1, -0.05) is 64.7 Å². The number of rotatable bonds is 17. The van der Waals surface area contributed by atoms with Crippen molar-refractivity contribution < 1.29 is 32.1 Å². The summed E-state index contributed by atoms with van der Waals surface area (Å²) in [6, 6.07) is -0.542. The molecule has 7 nitrogen and oxygen atoms in total. The number of hydrogen-bond donors (Lipinski definition) is 2. The second kappa shape index (κ2) is 14.3. The van der Waals surface area contributed by atoms with Crippen LogP contribution in [0.25, 0.3) is 0 Å². The SMILES string of the molecule is CCCCCCCCCCCCOC(=O)C(C)[N+](C)(C)CC(O)CS(=O)(=O)O. The Kier molecular flexibility index (Phi) is 14.0. The van der Waals surface area contributed by atoms with Crippen molar-refractivity contribution in [3.8, 4) is 0 Å². The number of hydrogen-bond acceptors (Lipinski definition) is 5. The van der Waals surface area contributed by atoms with Crippen molar-refractivity contribution in [2.24, 2.45) is 0 Å². The van der Waals surface area contributed by atoms with Crippen molar-refractivity contribution in [3.05, 3.63) is 0 Å². The Morgan fingerprint density at radius 3 is 1.89 bits per heavy atom. The Balaban J connectivity index is 3.93. The lowest BCUT2D eigenvalue weighted by Gasteiger charge is -2.35. The molecule has 2 atom stereocenters. The Labute approximate surface area is 171 Å². The molecule has 0 rings (SSSR count). The minimum Gasteiger partial charge on any atom is -0.461 e. The largest absolute Gasteiger partial charge is 0.461 e. The Morgan fingerprint density at radius 1 is 0.964 bits per heavy atom. The van der Waals surface area contributed by atoms with Crippen LogP contribution >= 0.6 is 0 Å². The molecule has 0 amide bonds. The van der Waals surface area contributed by atoms with Crippen LogP contribution < -0.4 is 0 Å². The zero-order valence-electron chi connectivity index (χ0n) is 18.2. The summed E-state index contributed by atoms with van der Waals surface area (Å²) in [4.78, 5) is 12.2. The smallest absolute Gasteiger partial charge is 0.364 e. The van der Waals surface area contributed by atoms with E-state index in [1.807, 2.05) is 0 Å². The number of nitrogens with zero attached hydrogens (tertiary/aromatic N) is 1. The first-order valence-electron chi connectivity index (χ1n) is 10.6. The third-order valence-electron chi connectivity index (χ3n) is 5.22. The van der Waals surface area contributed by atoms with E-state index < -0.39 is 28.0 Å². The molecule has 0 radical (unpaired) electrons. The average molecular weight is 425 g/mol. The van der Waals surface area contributed by atoms with Crippen LogP contribution in [0, 0.1) is 0 Å². The maximum Gasteiger partial charge on any atom is 0.364 e. The van der Waals surface area contributed by atoms with Gasteiger partial charge in [0.05, 0.1) is 20.7 Å². The molecule has 28 heavy (non-hydrogen) atoms. The van der Waals surface area contributed by atoms with E-state index in [-0.39, 0.29) is 17.0 Å². The van der Waals surface area contributed by atoms with Crippen molar-refractivity contribution in [1.29, 1.82) is 0 Å². The van der Waals surface area contributed by atoms with Gasteiger partial charge in [-0.25, -0.2) is 4.79 Å². The standard InChI is InChI=1S/C20H41NO6S/c1-5-6-7-8-9-10-11-12-13-14-15-27-20(23)18(2)21(3,4)16-19(22)17-28(24,25)26/h18-19,22H,5-17H2,1-4H3/p+1. The third kappa shape index (κ3) is 14.3. The van der Waals surface area contributed by atoms with Crippen LogP contribution in [0.5, 0.6) is 0 Å². The number of quaternary nitrogens is 1. The van der Waals surface area contributed by atoms with E-state index in [0.717, 1.165) is 19.3 Å². The quantitative estimate of drug-likeness (QED) is 0.161. The molecule has 0 fully saturated rings. The number of unbranched alkanes of at least 4 members (excludes halogenated alkanes) is 9. The number of ether oxygens (including phenoxy) is 1. The number of likely N-dealkylation sites (N-methyl/N-ethyl adjacent to an activating group) is 1.